The monoisotopic (exact) mass is 474 g/mol. The van der Waals surface area contributed by atoms with Crippen LogP contribution in [0.15, 0.2) is 62.4 Å². The minimum absolute atomic E-state index is 0.0859. The van der Waals surface area contributed by atoms with Gasteiger partial charge >= 0.3 is 0 Å². The number of halogens is 2. The van der Waals surface area contributed by atoms with Gasteiger partial charge in [0.15, 0.2) is 0 Å². The average molecular weight is 476 g/mol. The highest BCUT2D eigenvalue weighted by Gasteiger charge is 2.18. The molecule has 0 spiro atoms. The number of sulfonamides is 1. The van der Waals surface area contributed by atoms with Gasteiger partial charge in [-0.2, -0.15) is 0 Å². The Bertz CT molecular complexity index is 811. The molecule has 2 rings (SSSR count). The van der Waals surface area contributed by atoms with E-state index in [0.29, 0.717) is 17.4 Å². The van der Waals surface area contributed by atoms with Gasteiger partial charge in [0.2, 0.25) is 15.9 Å². The van der Waals surface area contributed by atoms with Gasteiger partial charge < -0.3 is 5.32 Å². The van der Waals surface area contributed by atoms with Gasteiger partial charge in [0.05, 0.1) is 11.4 Å². The van der Waals surface area contributed by atoms with E-state index in [-0.39, 0.29) is 17.3 Å². The van der Waals surface area contributed by atoms with E-state index in [2.05, 4.69) is 41.9 Å². The van der Waals surface area contributed by atoms with Gasteiger partial charge in [-0.25, -0.2) is 13.1 Å². The van der Waals surface area contributed by atoms with E-state index in [1.165, 1.54) is 6.07 Å². The van der Waals surface area contributed by atoms with Crippen molar-refractivity contribution in [3.05, 3.63) is 63.0 Å². The van der Waals surface area contributed by atoms with Crippen LogP contribution in [0.25, 0.3) is 0 Å². The number of carbonyl (C=O) groups is 1. The first-order valence-corrected chi connectivity index (χ1v) is 10.2. The summed E-state index contributed by atoms with van der Waals surface area (Å²) in [6, 6.07) is 14.5. The van der Waals surface area contributed by atoms with Crippen LogP contribution in [-0.4, -0.2) is 27.4 Å². The molecule has 2 aromatic rings. The van der Waals surface area contributed by atoms with Crippen LogP contribution in [0.2, 0.25) is 0 Å². The summed E-state index contributed by atoms with van der Waals surface area (Å²) in [7, 11) is -3.76. The molecule has 24 heavy (non-hydrogen) atoms. The average Bonchev–Trinajstić information content (AvgIpc) is 2.54. The lowest BCUT2D eigenvalue weighted by molar-refractivity contribution is -0.119. The molecule has 1 amide bonds. The van der Waals surface area contributed by atoms with Crippen molar-refractivity contribution >= 4 is 47.8 Å². The third-order valence-electron chi connectivity index (χ3n) is 3.18. The van der Waals surface area contributed by atoms with Crippen molar-refractivity contribution in [3.8, 4) is 0 Å². The molecule has 0 unspecified atom stereocenters. The Morgan fingerprint density at radius 2 is 1.75 bits per heavy atom. The lowest BCUT2D eigenvalue weighted by Gasteiger charge is -2.09. The summed E-state index contributed by atoms with van der Waals surface area (Å²) < 4.78 is 27.9. The zero-order valence-electron chi connectivity index (χ0n) is 12.6. The summed E-state index contributed by atoms with van der Waals surface area (Å²) in [5, 5.41) is 2.69. The molecule has 0 aliphatic carbocycles. The normalized spacial score (nSPS) is 11.2. The Labute approximate surface area is 158 Å². The highest BCUT2D eigenvalue weighted by Crippen LogP contribution is 2.25. The second-order valence-corrected chi connectivity index (χ2v) is 8.49. The lowest BCUT2D eigenvalue weighted by Crippen LogP contribution is -2.37. The first-order valence-electron chi connectivity index (χ1n) is 7.14. The Kier molecular flexibility index (Phi) is 6.97. The Morgan fingerprint density at radius 1 is 1.04 bits per heavy atom. The first kappa shape index (κ1) is 19.1. The zero-order valence-corrected chi connectivity index (χ0v) is 16.6. The third-order valence-corrected chi connectivity index (χ3v) is 6.06. The fourth-order valence-corrected chi connectivity index (χ4v) is 4.71. The summed E-state index contributed by atoms with van der Waals surface area (Å²) in [6.45, 7) is 0.145. The fourth-order valence-electron chi connectivity index (χ4n) is 1.98. The van der Waals surface area contributed by atoms with Crippen LogP contribution >= 0.6 is 31.9 Å². The Morgan fingerprint density at radius 3 is 2.42 bits per heavy atom. The van der Waals surface area contributed by atoms with Gasteiger partial charge in [0.1, 0.15) is 0 Å². The van der Waals surface area contributed by atoms with Crippen molar-refractivity contribution in [2.45, 2.75) is 11.3 Å². The molecule has 0 saturated carbocycles. The van der Waals surface area contributed by atoms with Crippen molar-refractivity contribution in [2.24, 2.45) is 0 Å². The minimum atomic E-state index is -3.76. The molecule has 2 aromatic carbocycles. The van der Waals surface area contributed by atoms with E-state index >= 15 is 0 Å². The fraction of sp³-hybridized carbons (Fsp3) is 0.188. The molecular formula is C16H16Br2N2O3S. The number of hydrogen-bond acceptors (Lipinski definition) is 3. The van der Waals surface area contributed by atoms with Crippen LogP contribution < -0.4 is 10.0 Å². The van der Waals surface area contributed by atoms with Crippen LogP contribution in [0.5, 0.6) is 0 Å². The van der Waals surface area contributed by atoms with E-state index in [9.17, 15) is 13.2 Å². The highest BCUT2D eigenvalue weighted by atomic mass is 79.9. The van der Waals surface area contributed by atoms with Crippen LogP contribution in [0.1, 0.15) is 5.56 Å². The largest absolute Gasteiger partial charge is 0.355 e. The molecule has 0 saturated heterocycles. The molecule has 0 aliphatic heterocycles. The standard InChI is InChI=1S/C16H16Br2N2O3S/c17-13-6-7-15(14(18)10-13)24(22,23)20-11-16(21)19-9-8-12-4-2-1-3-5-12/h1-7,10,20H,8-9,11H2,(H,19,21). The first-order chi connectivity index (χ1) is 11.4. The van der Waals surface area contributed by atoms with Gasteiger partial charge in [0.25, 0.3) is 0 Å². The summed E-state index contributed by atoms with van der Waals surface area (Å²) in [4.78, 5) is 11.9. The topological polar surface area (TPSA) is 75.3 Å². The van der Waals surface area contributed by atoms with Crippen LogP contribution in [0.3, 0.4) is 0 Å². The van der Waals surface area contributed by atoms with Crippen molar-refractivity contribution in [1.29, 1.82) is 0 Å². The predicted molar refractivity (Wildman–Crippen MR) is 100 cm³/mol. The van der Waals surface area contributed by atoms with E-state index in [1.54, 1.807) is 12.1 Å². The van der Waals surface area contributed by atoms with Gasteiger partial charge in [-0.15, -0.1) is 0 Å². The molecule has 8 heteroatoms. The van der Waals surface area contributed by atoms with Gasteiger partial charge in [-0.3, -0.25) is 4.79 Å². The smallest absolute Gasteiger partial charge is 0.242 e. The molecule has 2 N–H and O–H groups in total. The number of hydrogen-bond donors (Lipinski definition) is 2. The molecule has 0 aliphatic rings. The number of rotatable bonds is 7. The van der Waals surface area contributed by atoms with E-state index in [0.717, 1.165) is 10.0 Å². The van der Waals surface area contributed by atoms with E-state index in [4.69, 9.17) is 0 Å². The van der Waals surface area contributed by atoms with Crippen LogP contribution in [0, 0.1) is 0 Å². The van der Waals surface area contributed by atoms with Crippen molar-refractivity contribution in [3.63, 3.8) is 0 Å². The molecule has 0 heterocycles. The maximum Gasteiger partial charge on any atom is 0.242 e. The lowest BCUT2D eigenvalue weighted by atomic mass is 10.1. The molecule has 128 valence electrons. The zero-order chi connectivity index (χ0) is 17.6. The maximum atomic E-state index is 12.2. The molecule has 0 fully saturated rings. The van der Waals surface area contributed by atoms with Gasteiger partial charge in [0, 0.05) is 15.5 Å². The minimum Gasteiger partial charge on any atom is -0.355 e. The van der Waals surface area contributed by atoms with E-state index in [1.807, 2.05) is 30.3 Å². The second kappa shape index (κ2) is 8.75. The molecule has 0 atom stereocenters. The predicted octanol–water partition coefficient (Wildman–Crippen LogP) is 2.85. The van der Waals surface area contributed by atoms with Crippen LogP contribution in [0.4, 0.5) is 0 Å². The summed E-state index contributed by atoms with van der Waals surface area (Å²) in [5.41, 5.74) is 1.11. The van der Waals surface area contributed by atoms with Crippen LogP contribution in [-0.2, 0) is 21.2 Å². The van der Waals surface area contributed by atoms with Crippen molar-refractivity contribution < 1.29 is 13.2 Å². The number of nitrogens with one attached hydrogen (secondary N) is 2. The summed E-state index contributed by atoms with van der Waals surface area (Å²) in [6.07, 6.45) is 0.692. The third kappa shape index (κ3) is 5.70. The Balaban J connectivity index is 1.84. The summed E-state index contributed by atoms with van der Waals surface area (Å²) in [5.74, 6) is -0.372. The number of benzene rings is 2. The van der Waals surface area contributed by atoms with Crippen molar-refractivity contribution in [1.82, 2.24) is 10.0 Å². The molecule has 5 nitrogen and oxygen atoms in total. The second-order valence-electron chi connectivity index (χ2n) is 4.98. The van der Waals surface area contributed by atoms with Gasteiger partial charge in [-0.05, 0) is 46.1 Å². The number of amides is 1. The van der Waals surface area contributed by atoms with Crippen molar-refractivity contribution in [2.75, 3.05) is 13.1 Å². The van der Waals surface area contributed by atoms with Gasteiger partial charge in [-0.1, -0.05) is 46.3 Å². The molecule has 0 bridgehead atoms. The summed E-state index contributed by atoms with van der Waals surface area (Å²) >= 11 is 6.47. The SMILES string of the molecule is O=C(CNS(=O)(=O)c1ccc(Br)cc1Br)NCCc1ccccc1. The number of carbonyl (C=O) groups excluding carboxylic acids is 1. The molecular weight excluding hydrogens is 460 g/mol. The molecule has 0 radical (unpaired) electrons. The Hall–Kier alpha value is -1.22. The molecule has 0 aromatic heterocycles. The quantitative estimate of drug-likeness (QED) is 0.646. The van der Waals surface area contributed by atoms with E-state index < -0.39 is 10.0 Å². The highest BCUT2D eigenvalue weighted by molar-refractivity contribution is 9.11. The maximum absolute atomic E-state index is 12.2.